The summed E-state index contributed by atoms with van der Waals surface area (Å²) < 4.78 is 25.9. The summed E-state index contributed by atoms with van der Waals surface area (Å²) in [4.78, 5) is 26.4. The van der Waals surface area contributed by atoms with Gasteiger partial charge in [0.1, 0.15) is 18.2 Å². The van der Waals surface area contributed by atoms with Gasteiger partial charge in [0.15, 0.2) is 0 Å². The number of amides is 2. The van der Waals surface area contributed by atoms with Gasteiger partial charge in [-0.15, -0.1) is 0 Å². The molecule has 1 fully saturated rings. The fraction of sp³-hybridized carbons (Fsp3) is 0.238. The number of nitrogens with zero attached hydrogens (tertiary/aromatic N) is 1. The van der Waals surface area contributed by atoms with E-state index in [-0.39, 0.29) is 23.6 Å². The minimum absolute atomic E-state index is 0.253. The smallest absolute Gasteiger partial charge is 0.293 e. The third-order valence-electron chi connectivity index (χ3n) is 4.19. The van der Waals surface area contributed by atoms with Gasteiger partial charge in [0.2, 0.25) is 0 Å². The van der Waals surface area contributed by atoms with Crippen LogP contribution in [0.25, 0.3) is 6.08 Å². The summed E-state index contributed by atoms with van der Waals surface area (Å²) in [6.07, 6.45) is 2.33. The van der Waals surface area contributed by atoms with Gasteiger partial charge in [-0.05, 0) is 105 Å². The van der Waals surface area contributed by atoms with Crippen molar-refractivity contribution >= 4 is 74.2 Å². The van der Waals surface area contributed by atoms with Crippen LogP contribution in [0.4, 0.5) is 9.18 Å². The standard InChI is InChI=1S/C21H18FI2NO4S/c1-28-7-3-6-25-20(26)18(30-21(25)27)11-14-9-16(23)19(17(24)10-14)29-12-13-4-2-5-15(22)8-13/h2,4-5,8-11H,3,6-7,12H2,1H3/b18-11+. The van der Waals surface area contributed by atoms with Crippen LogP contribution in [0.1, 0.15) is 17.5 Å². The highest BCUT2D eigenvalue weighted by Gasteiger charge is 2.34. The van der Waals surface area contributed by atoms with Gasteiger partial charge in [0.25, 0.3) is 11.1 Å². The molecule has 9 heteroatoms. The van der Waals surface area contributed by atoms with E-state index in [0.29, 0.717) is 30.2 Å². The van der Waals surface area contributed by atoms with Gasteiger partial charge in [-0.2, -0.15) is 0 Å². The van der Waals surface area contributed by atoms with Crippen molar-refractivity contribution in [3.05, 3.63) is 65.4 Å². The number of rotatable bonds is 8. The number of benzene rings is 2. The van der Waals surface area contributed by atoms with Crippen molar-refractivity contribution in [1.29, 1.82) is 0 Å². The summed E-state index contributed by atoms with van der Waals surface area (Å²) in [5.74, 6) is 0.120. The number of halogens is 3. The molecule has 1 heterocycles. The molecule has 2 aromatic carbocycles. The molecule has 3 rings (SSSR count). The van der Waals surface area contributed by atoms with E-state index < -0.39 is 0 Å². The molecule has 0 atom stereocenters. The van der Waals surface area contributed by atoms with Crippen LogP contribution in [-0.2, 0) is 16.1 Å². The Kier molecular flexibility index (Phi) is 8.54. The van der Waals surface area contributed by atoms with E-state index in [2.05, 4.69) is 45.2 Å². The van der Waals surface area contributed by atoms with Crippen molar-refractivity contribution in [2.75, 3.05) is 20.3 Å². The lowest BCUT2D eigenvalue weighted by Gasteiger charge is -2.12. The Hall–Kier alpha value is -1.18. The lowest BCUT2D eigenvalue weighted by atomic mass is 10.2. The first kappa shape index (κ1) is 23.5. The van der Waals surface area contributed by atoms with E-state index in [4.69, 9.17) is 9.47 Å². The van der Waals surface area contributed by atoms with Crippen LogP contribution in [0, 0.1) is 13.0 Å². The maximum absolute atomic E-state index is 13.3. The second-order valence-electron chi connectivity index (χ2n) is 6.41. The summed E-state index contributed by atoms with van der Waals surface area (Å²) in [6.45, 7) is 1.09. The number of carbonyl (C=O) groups excluding carboxylic acids is 2. The zero-order valence-electron chi connectivity index (χ0n) is 16.0. The Morgan fingerprint density at radius 2 is 1.90 bits per heavy atom. The van der Waals surface area contributed by atoms with E-state index in [9.17, 15) is 14.0 Å². The zero-order valence-corrected chi connectivity index (χ0v) is 21.1. The highest BCUT2D eigenvalue weighted by atomic mass is 127. The molecule has 5 nitrogen and oxygen atoms in total. The molecule has 0 saturated carbocycles. The van der Waals surface area contributed by atoms with Gasteiger partial charge in [-0.3, -0.25) is 14.5 Å². The molecular formula is C21H18FI2NO4S. The molecule has 1 aliphatic rings. The van der Waals surface area contributed by atoms with E-state index in [0.717, 1.165) is 30.0 Å². The molecule has 0 aliphatic carbocycles. The second kappa shape index (κ2) is 10.9. The summed E-state index contributed by atoms with van der Waals surface area (Å²) in [5.41, 5.74) is 1.55. The van der Waals surface area contributed by atoms with Crippen LogP contribution in [0.15, 0.2) is 41.3 Å². The van der Waals surface area contributed by atoms with Gasteiger partial charge in [-0.25, -0.2) is 4.39 Å². The van der Waals surface area contributed by atoms with Crippen molar-refractivity contribution in [2.45, 2.75) is 13.0 Å². The molecule has 0 radical (unpaired) electrons. The summed E-state index contributed by atoms with van der Waals surface area (Å²) >= 11 is 5.28. The maximum Gasteiger partial charge on any atom is 0.293 e. The third-order valence-corrected chi connectivity index (χ3v) is 6.70. The van der Waals surface area contributed by atoms with Gasteiger partial charge >= 0.3 is 0 Å². The first-order valence-electron chi connectivity index (χ1n) is 8.99. The summed E-state index contributed by atoms with van der Waals surface area (Å²) in [5, 5.41) is -0.262. The summed E-state index contributed by atoms with van der Waals surface area (Å²) in [7, 11) is 1.59. The number of hydrogen-bond acceptors (Lipinski definition) is 5. The molecule has 0 aromatic heterocycles. The maximum atomic E-state index is 13.3. The quantitative estimate of drug-likeness (QED) is 0.209. The highest BCUT2D eigenvalue weighted by Crippen LogP contribution is 2.35. The lowest BCUT2D eigenvalue weighted by Crippen LogP contribution is -2.29. The average Bonchev–Trinajstić information content (AvgIpc) is 2.95. The van der Waals surface area contributed by atoms with Crippen molar-refractivity contribution < 1.29 is 23.5 Å². The molecule has 2 aromatic rings. The Bertz CT molecular complexity index is 976. The highest BCUT2D eigenvalue weighted by molar-refractivity contribution is 14.1. The fourth-order valence-electron chi connectivity index (χ4n) is 2.79. The van der Waals surface area contributed by atoms with Crippen LogP contribution in [0.5, 0.6) is 5.75 Å². The van der Waals surface area contributed by atoms with Crippen LogP contribution >= 0.6 is 56.9 Å². The largest absolute Gasteiger partial charge is 0.487 e. The molecule has 0 N–H and O–H groups in total. The molecule has 1 saturated heterocycles. The Labute approximate surface area is 205 Å². The second-order valence-corrected chi connectivity index (χ2v) is 9.73. The van der Waals surface area contributed by atoms with Crippen molar-refractivity contribution in [3.63, 3.8) is 0 Å². The average molecular weight is 653 g/mol. The Morgan fingerprint density at radius 1 is 1.17 bits per heavy atom. The first-order chi connectivity index (χ1) is 14.4. The predicted octanol–water partition coefficient (Wildman–Crippen LogP) is 5.69. The van der Waals surface area contributed by atoms with E-state index in [1.165, 1.54) is 17.0 Å². The zero-order chi connectivity index (χ0) is 21.7. The van der Waals surface area contributed by atoms with Crippen LogP contribution in [-0.4, -0.2) is 36.3 Å². The van der Waals surface area contributed by atoms with Gasteiger partial charge in [-0.1, -0.05) is 12.1 Å². The van der Waals surface area contributed by atoms with Crippen LogP contribution < -0.4 is 4.74 Å². The Morgan fingerprint density at radius 3 is 2.57 bits per heavy atom. The minimum Gasteiger partial charge on any atom is -0.487 e. The van der Waals surface area contributed by atoms with E-state index in [1.54, 1.807) is 25.3 Å². The van der Waals surface area contributed by atoms with Gasteiger partial charge in [0.05, 0.1) is 12.0 Å². The van der Waals surface area contributed by atoms with Crippen molar-refractivity contribution in [3.8, 4) is 5.75 Å². The van der Waals surface area contributed by atoms with E-state index in [1.807, 2.05) is 12.1 Å². The topological polar surface area (TPSA) is 55.8 Å². The molecule has 2 amide bonds. The summed E-state index contributed by atoms with van der Waals surface area (Å²) in [6, 6.07) is 10.1. The number of carbonyl (C=O) groups is 2. The fourth-order valence-corrected chi connectivity index (χ4v) is 5.79. The third kappa shape index (κ3) is 5.95. The lowest BCUT2D eigenvalue weighted by molar-refractivity contribution is -0.122. The number of ether oxygens (including phenoxy) is 2. The molecule has 0 spiro atoms. The number of methoxy groups -OCH3 is 1. The van der Waals surface area contributed by atoms with Gasteiger partial charge in [0, 0.05) is 20.3 Å². The number of hydrogen-bond donors (Lipinski definition) is 0. The molecule has 158 valence electrons. The normalized spacial score (nSPS) is 15.3. The van der Waals surface area contributed by atoms with Crippen molar-refractivity contribution in [2.24, 2.45) is 0 Å². The monoisotopic (exact) mass is 653 g/mol. The van der Waals surface area contributed by atoms with Crippen molar-refractivity contribution in [1.82, 2.24) is 4.90 Å². The SMILES string of the molecule is COCCCN1C(=O)S/C(=C/c2cc(I)c(OCc3cccc(F)c3)c(I)c2)C1=O. The first-order valence-corrected chi connectivity index (χ1v) is 12.0. The Balaban J connectivity index is 1.73. The van der Waals surface area contributed by atoms with Crippen LogP contribution in [0.3, 0.4) is 0 Å². The molecule has 0 unspecified atom stereocenters. The molecule has 0 bridgehead atoms. The predicted molar refractivity (Wildman–Crippen MR) is 132 cm³/mol. The number of imide groups is 1. The van der Waals surface area contributed by atoms with Crippen LogP contribution in [0.2, 0.25) is 0 Å². The van der Waals surface area contributed by atoms with E-state index >= 15 is 0 Å². The molecular weight excluding hydrogens is 635 g/mol. The van der Waals surface area contributed by atoms with Gasteiger partial charge < -0.3 is 9.47 Å². The molecule has 30 heavy (non-hydrogen) atoms. The number of thioether (sulfide) groups is 1. The minimum atomic E-state index is -0.299. The molecule has 1 aliphatic heterocycles.